The molecule has 0 N–H and O–H groups in total. The third kappa shape index (κ3) is 1.64. The molecule has 3 heteroatoms. The lowest BCUT2D eigenvalue weighted by Gasteiger charge is -2.11. The Morgan fingerprint density at radius 1 is 1.73 bits per heavy atom. The predicted molar refractivity (Wildman–Crippen MR) is 42.4 cm³/mol. The van der Waals surface area contributed by atoms with Crippen LogP contribution in [-0.2, 0) is 4.74 Å². The van der Waals surface area contributed by atoms with Gasteiger partial charge in [-0.2, -0.15) is 0 Å². The molecule has 1 saturated heterocycles. The standard InChI is InChI=1S/C8H15NO2/c1-4-9-5-7(6(2)3)11-8(9)10/h6-7H,4-5H2,1-3H3/t7-/m1/s1. The van der Waals surface area contributed by atoms with E-state index in [1.807, 2.05) is 6.92 Å². The highest BCUT2D eigenvalue weighted by atomic mass is 16.6. The van der Waals surface area contributed by atoms with Gasteiger partial charge in [-0.1, -0.05) is 13.8 Å². The molecule has 0 aliphatic carbocycles. The summed E-state index contributed by atoms with van der Waals surface area (Å²) in [4.78, 5) is 12.8. The molecular formula is C8H15NO2. The van der Waals surface area contributed by atoms with Gasteiger partial charge in [0.15, 0.2) is 0 Å². The van der Waals surface area contributed by atoms with Crippen LogP contribution in [0.15, 0.2) is 0 Å². The van der Waals surface area contributed by atoms with Crippen molar-refractivity contribution in [1.29, 1.82) is 0 Å². The van der Waals surface area contributed by atoms with Crippen molar-refractivity contribution in [3.63, 3.8) is 0 Å². The number of hydrogen-bond acceptors (Lipinski definition) is 2. The first-order valence-corrected chi connectivity index (χ1v) is 4.10. The van der Waals surface area contributed by atoms with E-state index in [4.69, 9.17) is 4.74 Å². The molecule has 0 aromatic rings. The van der Waals surface area contributed by atoms with Crippen LogP contribution in [0.2, 0.25) is 0 Å². The molecule has 0 saturated carbocycles. The van der Waals surface area contributed by atoms with Gasteiger partial charge in [-0.15, -0.1) is 0 Å². The highest BCUT2D eigenvalue weighted by molar-refractivity contribution is 5.69. The number of ether oxygens (including phenoxy) is 1. The first-order chi connectivity index (χ1) is 5.15. The Bertz CT molecular complexity index is 156. The van der Waals surface area contributed by atoms with Crippen LogP contribution in [0.25, 0.3) is 0 Å². The lowest BCUT2D eigenvalue weighted by Crippen LogP contribution is -2.25. The van der Waals surface area contributed by atoms with Gasteiger partial charge in [0.1, 0.15) is 6.10 Å². The highest BCUT2D eigenvalue weighted by Crippen LogP contribution is 2.16. The van der Waals surface area contributed by atoms with Crippen molar-refractivity contribution >= 4 is 6.09 Å². The molecule has 1 aliphatic heterocycles. The number of carbonyl (C=O) groups is 1. The van der Waals surface area contributed by atoms with Crippen LogP contribution in [0.1, 0.15) is 20.8 Å². The summed E-state index contributed by atoms with van der Waals surface area (Å²) in [6.45, 7) is 7.60. The van der Waals surface area contributed by atoms with Gasteiger partial charge >= 0.3 is 6.09 Å². The SMILES string of the molecule is CCN1C[C@H](C(C)C)OC1=O. The maximum atomic E-state index is 11.0. The first-order valence-electron chi connectivity index (χ1n) is 4.10. The Kier molecular flexibility index (Phi) is 2.37. The molecule has 1 heterocycles. The number of hydrogen-bond donors (Lipinski definition) is 0. The van der Waals surface area contributed by atoms with Gasteiger partial charge in [0.2, 0.25) is 0 Å². The van der Waals surface area contributed by atoms with Gasteiger partial charge < -0.3 is 9.64 Å². The molecule has 1 fully saturated rings. The highest BCUT2D eigenvalue weighted by Gasteiger charge is 2.31. The average Bonchev–Trinajstić information content (AvgIpc) is 2.31. The molecular weight excluding hydrogens is 142 g/mol. The van der Waals surface area contributed by atoms with E-state index in [1.54, 1.807) is 4.90 Å². The van der Waals surface area contributed by atoms with E-state index in [0.717, 1.165) is 13.1 Å². The third-order valence-electron chi connectivity index (χ3n) is 2.04. The molecule has 1 amide bonds. The van der Waals surface area contributed by atoms with Gasteiger partial charge in [-0.3, -0.25) is 0 Å². The zero-order valence-corrected chi connectivity index (χ0v) is 7.33. The summed E-state index contributed by atoms with van der Waals surface area (Å²) in [5, 5.41) is 0. The zero-order chi connectivity index (χ0) is 8.43. The Hall–Kier alpha value is -0.730. The monoisotopic (exact) mass is 157 g/mol. The van der Waals surface area contributed by atoms with Crippen molar-refractivity contribution in [3.8, 4) is 0 Å². The number of likely N-dealkylation sites (N-methyl/N-ethyl adjacent to an activating group) is 1. The summed E-state index contributed by atoms with van der Waals surface area (Å²) in [6, 6.07) is 0. The van der Waals surface area contributed by atoms with E-state index in [9.17, 15) is 4.79 Å². The second-order valence-corrected chi connectivity index (χ2v) is 3.20. The van der Waals surface area contributed by atoms with Crippen LogP contribution < -0.4 is 0 Å². The fraction of sp³-hybridized carbons (Fsp3) is 0.875. The molecule has 64 valence electrons. The predicted octanol–water partition coefficient (Wildman–Crippen LogP) is 1.48. The van der Waals surface area contributed by atoms with Crippen molar-refractivity contribution in [2.75, 3.05) is 13.1 Å². The number of carbonyl (C=O) groups excluding carboxylic acids is 1. The van der Waals surface area contributed by atoms with Crippen LogP contribution >= 0.6 is 0 Å². The molecule has 0 aromatic carbocycles. The third-order valence-corrected chi connectivity index (χ3v) is 2.04. The Morgan fingerprint density at radius 2 is 2.36 bits per heavy atom. The Balaban J connectivity index is 2.49. The largest absolute Gasteiger partial charge is 0.444 e. The molecule has 3 nitrogen and oxygen atoms in total. The Labute approximate surface area is 67.3 Å². The average molecular weight is 157 g/mol. The maximum Gasteiger partial charge on any atom is 0.410 e. The number of rotatable bonds is 2. The Morgan fingerprint density at radius 3 is 2.64 bits per heavy atom. The maximum absolute atomic E-state index is 11.0. The summed E-state index contributed by atoms with van der Waals surface area (Å²) in [6.07, 6.45) is -0.0614. The van der Waals surface area contributed by atoms with Crippen molar-refractivity contribution < 1.29 is 9.53 Å². The van der Waals surface area contributed by atoms with E-state index >= 15 is 0 Å². The van der Waals surface area contributed by atoms with E-state index < -0.39 is 0 Å². The minimum atomic E-state index is -0.161. The van der Waals surface area contributed by atoms with Crippen LogP contribution in [0, 0.1) is 5.92 Å². The molecule has 0 unspecified atom stereocenters. The molecule has 0 spiro atoms. The van der Waals surface area contributed by atoms with Gasteiger partial charge in [-0.05, 0) is 12.8 Å². The lowest BCUT2D eigenvalue weighted by molar-refractivity contribution is 0.112. The van der Waals surface area contributed by atoms with Gasteiger partial charge in [0, 0.05) is 6.54 Å². The fourth-order valence-corrected chi connectivity index (χ4v) is 1.14. The minimum Gasteiger partial charge on any atom is -0.444 e. The molecule has 1 rings (SSSR count). The van der Waals surface area contributed by atoms with Crippen molar-refractivity contribution in [2.24, 2.45) is 5.92 Å². The summed E-state index contributed by atoms with van der Waals surface area (Å²) in [5.41, 5.74) is 0. The molecule has 0 bridgehead atoms. The number of cyclic esters (lactones) is 1. The van der Waals surface area contributed by atoms with Crippen LogP contribution in [-0.4, -0.2) is 30.2 Å². The van der Waals surface area contributed by atoms with Gasteiger partial charge in [0.05, 0.1) is 6.54 Å². The summed E-state index contributed by atoms with van der Waals surface area (Å²) >= 11 is 0. The molecule has 1 aliphatic rings. The quantitative estimate of drug-likeness (QED) is 0.607. The normalized spacial score (nSPS) is 24.5. The minimum absolute atomic E-state index is 0.0995. The summed E-state index contributed by atoms with van der Waals surface area (Å²) < 4.78 is 5.11. The topological polar surface area (TPSA) is 29.5 Å². The second kappa shape index (κ2) is 3.11. The van der Waals surface area contributed by atoms with E-state index in [2.05, 4.69) is 13.8 Å². The number of amides is 1. The van der Waals surface area contributed by atoms with Crippen molar-refractivity contribution in [1.82, 2.24) is 4.90 Å². The van der Waals surface area contributed by atoms with Crippen molar-refractivity contribution in [2.45, 2.75) is 26.9 Å². The molecule has 11 heavy (non-hydrogen) atoms. The summed E-state index contributed by atoms with van der Waals surface area (Å²) in [5.74, 6) is 0.426. The van der Waals surface area contributed by atoms with Gasteiger partial charge in [0.25, 0.3) is 0 Å². The van der Waals surface area contributed by atoms with Crippen LogP contribution in [0.5, 0.6) is 0 Å². The fourth-order valence-electron chi connectivity index (χ4n) is 1.14. The van der Waals surface area contributed by atoms with E-state index in [1.165, 1.54) is 0 Å². The molecule has 1 atom stereocenters. The van der Waals surface area contributed by atoms with E-state index in [-0.39, 0.29) is 12.2 Å². The molecule has 0 radical (unpaired) electrons. The van der Waals surface area contributed by atoms with Gasteiger partial charge in [-0.25, -0.2) is 4.79 Å². The molecule has 0 aromatic heterocycles. The van der Waals surface area contributed by atoms with Crippen LogP contribution in [0.3, 0.4) is 0 Å². The first kappa shape index (κ1) is 8.37. The zero-order valence-electron chi connectivity index (χ0n) is 7.33. The van der Waals surface area contributed by atoms with Crippen LogP contribution in [0.4, 0.5) is 4.79 Å². The smallest absolute Gasteiger partial charge is 0.410 e. The van der Waals surface area contributed by atoms with E-state index in [0.29, 0.717) is 5.92 Å². The second-order valence-electron chi connectivity index (χ2n) is 3.20. The lowest BCUT2D eigenvalue weighted by atomic mass is 10.1. The number of nitrogens with zero attached hydrogens (tertiary/aromatic N) is 1. The summed E-state index contributed by atoms with van der Waals surface area (Å²) in [7, 11) is 0. The van der Waals surface area contributed by atoms with Crippen molar-refractivity contribution in [3.05, 3.63) is 0 Å².